The van der Waals surface area contributed by atoms with Crippen molar-refractivity contribution in [2.24, 2.45) is 17.3 Å². The van der Waals surface area contributed by atoms with Crippen LogP contribution in [0.2, 0.25) is 0 Å². The van der Waals surface area contributed by atoms with Crippen LogP contribution in [0.3, 0.4) is 0 Å². The van der Waals surface area contributed by atoms with Crippen molar-refractivity contribution in [3.05, 3.63) is 71.8 Å². The molecule has 0 bridgehead atoms. The summed E-state index contributed by atoms with van der Waals surface area (Å²) in [6.45, 7) is 4.20. The Kier molecular flexibility index (Phi) is 3.97. The van der Waals surface area contributed by atoms with Crippen molar-refractivity contribution >= 4 is 22.7 Å². The van der Waals surface area contributed by atoms with Crippen LogP contribution in [0.25, 0.3) is 16.9 Å². The second-order valence-corrected chi connectivity index (χ2v) is 10.3. The van der Waals surface area contributed by atoms with Crippen LogP contribution < -0.4 is 10.1 Å². The lowest BCUT2D eigenvalue weighted by Gasteiger charge is -2.38. The molecular weight excluding hydrogens is 408 g/mol. The van der Waals surface area contributed by atoms with E-state index in [1.807, 2.05) is 12.1 Å². The molecule has 2 aromatic heterocycles. The van der Waals surface area contributed by atoms with Crippen molar-refractivity contribution in [2.45, 2.75) is 45.6 Å². The molecule has 4 aromatic rings. The minimum atomic E-state index is 0.281. The average molecular weight is 437 g/mol. The van der Waals surface area contributed by atoms with E-state index in [0.717, 1.165) is 34.3 Å². The monoisotopic (exact) mass is 436 g/mol. The molecule has 0 aliphatic heterocycles. The summed E-state index contributed by atoms with van der Waals surface area (Å²) < 4.78 is 8.76. The molecule has 4 unspecified atom stereocenters. The number of nitrogens with zero attached hydrogens (tertiary/aromatic N) is 3. The van der Waals surface area contributed by atoms with Crippen LogP contribution in [0, 0.1) is 31.1 Å². The molecule has 3 aliphatic rings. The van der Waals surface area contributed by atoms with Gasteiger partial charge in [-0.15, -0.1) is 0 Å². The van der Waals surface area contributed by atoms with Gasteiger partial charge in [0.05, 0.1) is 5.69 Å². The lowest BCUT2D eigenvalue weighted by Crippen LogP contribution is -2.36. The van der Waals surface area contributed by atoms with E-state index in [-0.39, 0.29) is 6.10 Å². The largest absolute Gasteiger partial charge is 0.461 e. The molecule has 0 radical (unpaired) electrons. The summed E-state index contributed by atoms with van der Waals surface area (Å²) in [7, 11) is 0. The molecule has 1 spiro atoms. The molecule has 7 rings (SSSR count). The Morgan fingerprint density at radius 2 is 1.70 bits per heavy atom. The van der Waals surface area contributed by atoms with Crippen molar-refractivity contribution < 1.29 is 4.74 Å². The minimum Gasteiger partial charge on any atom is -0.461 e. The van der Waals surface area contributed by atoms with E-state index in [0.29, 0.717) is 17.3 Å². The lowest BCUT2D eigenvalue weighted by atomic mass is 9.70. The minimum absolute atomic E-state index is 0.281. The highest BCUT2D eigenvalue weighted by atomic mass is 16.5. The molecule has 0 saturated heterocycles. The Morgan fingerprint density at radius 1 is 0.939 bits per heavy atom. The molecule has 2 aromatic carbocycles. The van der Waals surface area contributed by atoms with Crippen molar-refractivity contribution in [3.63, 3.8) is 0 Å². The molecule has 3 saturated carbocycles. The number of nitrogens with one attached hydrogen (secondary N) is 1. The molecule has 3 aliphatic carbocycles. The zero-order valence-corrected chi connectivity index (χ0v) is 19.1. The second kappa shape index (κ2) is 6.83. The van der Waals surface area contributed by atoms with Crippen molar-refractivity contribution in [1.82, 2.24) is 14.5 Å². The number of rotatable bonds is 5. The summed E-state index contributed by atoms with van der Waals surface area (Å²) in [5.74, 6) is 2.38. The highest BCUT2D eigenvalue weighted by Gasteiger charge is 2.71. The van der Waals surface area contributed by atoms with Gasteiger partial charge >= 0.3 is 6.01 Å². The molecule has 5 nitrogen and oxygen atoms in total. The fraction of sp³-hybridized carbons (Fsp3) is 0.357. The first-order chi connectivity index (χ1) is 16.1. The van der Waals surface area contributed by atoms with Crippen LogP contribution in [-0.2, 0) is 0 Å². The highest BCUT2D eigenvalue weighted by Crippen LogP contribution is 2.76. The van der Waals surface area contributed by atoms with Crippen LogP contribution in [0.5, 0.6) is 6.01 Å². The molecule has 1 N–H and O–H groups in total. The number of imidazole rings is 1. The van der Waals surface area contributed by atoms with Crippen LogP contribution in [0.4, 0.5) is 11.5 Å². The van der Waals surface area contributed by atoms with Crippen molar-refractivity contribution in [3.8, 4) is 11.7 Å². The van der Waals surface area contributed by atoms with Gasteiger partial charge < -0.3 is 10.1 Å². The van der Waals surface area contributed by atoms with Gasteiger partial charge in [-0.05, 0) is 87.3 Å². The lowest BCUT2D eigenvalue weighted by molar-refractivity contribution is 0.0424. The Labute approximate surface area is 193 Å². The van der Waals surface area contributed by atoms with Gasteiger partial charge in [0.15, 0.2) is 5.65 Å². The van der Waals surface area contributed by atoms with E-state index >= 15 is 0 Å². The SMILES string of the molecule is Cc1ccc(Nc2ccc3nc(OC4CC5CC56CCC46)n(-c4ccc(C)cc4)c3n2)cc1. The first-order valence-electron chi connectivity index (χ1n) is 12.1. The zero-order valence-electron chi connectivity index (χ0n) is 19.1. The topological polar surface area (TPSA) is 52.0 Å². The predicted molar refractivity (Wildman–Crippen MR) is 130 cm³/mol. The molecule has 2 heterocycles. The molecule has 33 heavy (non-hydrogen) atoms. The molecule has 0 amide bonds. The Hall–Kier alpha value is -3.34. The highest BCUT2D eigenvalue weighted by molar-refractivity contribution is 5.78. The maximum Gasteiger partial charge on any atom is 0.303 e. The summed E-state index contributed by atoms with van der Waals surface area (Å²) in [6, 6.07) is 21.6. The van der Waals surface area contributed by atoms with E-state index in [9.17, 15) is 0 Å². The number of hydrogen-bond acceptors (Lipinski definition) is 4. The smallest absolute Gasteiger partial charge is 0.303 e. The number of hydrogen-bond donors (Lipinski definition) is 1. The van der Waals surface area contributed by atoms with Crippen LogP contribution >= 0.6 is 0 Å². The maximum atomic E-state index is 6.67. The van der Waals surface area contributed by atoms with Crippen molar-refractivity contribution in [2.75, 3.05) is 5.32 Å². The van der Waals surface area contributed by atoms with Crippen LogP contribution in [0.15, 0.2) is 60.7 Å². The second-order valence-electron chi connectivity index (χ2n) is 10.3. The van der Waals surface area contributed by atoms with E-state index in [1.165, 1.54) is 36.8 Å². The fourth-order valence-corrected chi connectivity index (χ4v) is 6.22. The Balaban J connectivity index is 1.28. The summed E-state index contributed by atoms with van der Waals surface area (Å²) in [5.41, 5.74) is 6.81. The Bertz CT molecular complexity index is 1350. The van der Waals surface area contributed by atoms with Crippen LogP contribution in [0.1, 0.15) is 36.8 Å². The average Bonchev–Trinajstić information content (AvgIpc) is 3.38. The van der Waals surface area contributed by atoms with Gasteiger partial charge in [-0.1, -0.05) is 35.4 Å². The van der Waals surface area contributed by atoms with Gasteiger partial charge in [-0.25, -0.2) is 9.55 Å². The first kappa shape index (κ1) is 19.2. The number of anilines is 2. The number of benzene rings is 2. The molecule has 4 atom stereocenters. The summed E-state index contributed by atoms with van der Waals surface area (Å²) in [5, 5.41) is 3.43. The van der Waals surface area contributed by atoms with Crippen LogP contribution in [-0.4, -0.2) is 20.6 Å². The standard InChI is InChI=1S/C28H28N4O/c1-17-3-7-20(8-4-17)29-25-12-11-23-26(31-25)32(21-9-5-18(2)6-10-21)27(30-23)33-24-15-19-16-28(19)14-13-22(24)28/h3-12,19,22,24H,13-16H2,1-2H3,(H,29,31). The van der Waals surface area contributed by atoms with Gasteiger partial charge in [-0.3, -0.25) is 0 Å². The molecule has 5 heteroatoms. The third-order valence-electron chi connectivity index (χ3n) is 8.25. The molecular formula is C28H28N4O. The van der Waals surface area contributed by atoms with E-state index in [2.05, 4.69) is 72.3 Å². The normalized spacial score (nSPS) is 27.0. The number of aromatic nitrogens is 3. The van der Waals surface area contributed by atoms with Gasteiger partial charge in [0.2, 0.25) is 0 Å². The summed E-state index contributed by atoms with van der Waals surface area (Å²) in [6.07, 6.45) is 5.57. The fourth-order valence-electron chi connectivity index (χ4n) is 6.22. The number of ether oxygens (including phenoxy) is 1. The third-order valence-corrected chi connectivity index (χ3v) is 8.25. The van der Waals surface area contributed by atoms with Gasteiger partial charge in [-0.2, -0.15) is 4.98 Å². The first-order valence-corrected chi connectivity index (χ1v) is 12.1. The Morgan fingerprint density at radius 3 is 2.39 bits per heavy atom. The molecule has 166 valence electrons. The predicted octanol–water partition coefficient (Wildman–Crippen LogP) is 6.35. The van der Waals surface area contributed by atoms with Gasteiger partial charge in [0.1, 0.15) is 17.4 Å². The third kappa shape index (κ3) is 2.98. The number of fused-ring (bicyclic) bond motifs is 1. The van der Waals surface area contributed by atoms with Gasteiger partial charge in [0.25, 0.3) is 0 Å². The number of aryl methyl sites for hydroxylation is 2. The van der Waals surface area contributed by atoms with E-state index in [1.54, 1.807) is 0 Å². The maximum absolute atomic E-state index is 6.67. The zero-order chi connectivity index (χ0) is 22.2. The van der Waals surface area contributed by atoms with E-state index < -0.39 is 0 Å². The summed E-state index contributed by atoms with van der Waals surface area (Å²) >= 11 is 0. The number of pyridine rings is 1. The van der Waals surface area contributed by atoms with E-state index in [4.69, 9.17) is 14.7 Å². The van der Waals surface area contributed by atoms with Gasteiger partial charge in [0, 0.05) is 11.6 Å². The summed E-state index contributed by atoms with van der Waals surface area (Å²) in [4.78, 5) is 9.87. The molecule has 3 fully saturated rings. The quantitative estimate of drug-likeness (QED) is 0.396. The van der Waals surface area contributed by atoms with Crippen molar-refractivity contribution in [1.29, 1.82) is 0 Å².